The fourth-order valence-electron chi connectivity index (χ4n) is 1.87. The van der Waals surface area contributed by atoms with Crippen LogP contribution in [0.2, 0.25) is 0 Å². The van der Waals surface area contributed by atoms with E-state index in [1.165, 1.54) is 12.1 Å². The molecule has 1 amide bonds. The van der Waals surface area contributed by atoms with Gasteiger partial charge in [-0.05, 0) is 30.9 Å². The van der Waals surface area contributed by atoms with Gasteiger partial charge in [0.25, 0.3) is 5.91 Å². The van der Waals surface area contributed by atoms with Crippen LogP contribution < -0.4 is 5.32 Å². The third-order valence-corrected chi connectivity index (χ3v) is 3.12. The van der Waals surface area contributed by atoms with Crippen molar-refractivity contribution in [2.24, 2.45) is 5.92 Å². The minimum absolute atomic E-state index is 0.0182. The molecule has 0 heterocycles. The topological polar surface area (TPSA) is 49.3 Å². The molecule has 0 bridgehead atoms. The summed E-state index contributed by atoms with van der Waals surface area (Å²) in [6.07, 6.45) is -3.45. The van der Waals surface area contributed by atoms with E-state index in [4.69, 9.17) is 0 Å². The summed E-state index contributed by atoms with van der Waals surface area (Å²) in [7, 11) is 0. The number of hydrogen-bond acceptors (Lipinski definition) is 2. The minimum atomic E-state index is -4.57. The predicted octanol–water partition coefficient (Wildman–Crippen LogP) is 2.21. The molecule has 3 nitrogen and oxygen atoms in total. The van der Waals surface area contributed by atoms with Gasteiger partial charge in [0.05, 0.1) is 17.2 Å². The van der Waals surface area contributed by atoms with E-state index < -0.39 is 29.3 Å². The second-order valence-corrected chi connectivity index (χ2v) is 4.66. The summed E-state index contributed by atoms with van der Waals surface area (Å²) in [4.78, 5) is 11.7. The molecular weight excluding hydrogens is 259 g/mol. The number of aliphatic hydroxyl groups excluding tert-OH is 1. The maximum atomic E-state index is 12.7. The molecule has 0 aromatic heterocycles. The summed E-state index contributed by atoms with van der Waals surface area (Å²) in [5.41, 5.74) is -1.38. The highest BCUT2D eigenvalue weighted by atomic mass is 19.4. The van der Waals surface area contributed by atoms with E-state index in [1.54, 1.807) is 0 Å². The number of nitrogens with one attached hydrogen (secondary N) is 1. The van der Waals surface area contributed by atoms with E-state index in [9.17, 15) is 23.1 Å². The summed E-state index contributed by atoms with van der Waals surface area (Å²) in [5, 5.41) is 11.9. The van der Waals surface area contributed by atoms with Gasteiger partial charge in [-0.1, -0.05) is 12.1 Å². The third kappa shape index (κ3) is 3.47. The molecule has 0 radical (unpaired) electrons. The highest BCUT2D eigenvalue weighted by Crippen LogP contribution is 2.33. The fourth-order valence-corrected chi connectivity index (χ4v) is 1.87. The van der Waals surface area contributed by atoms with Crippen LogP contribution in [0.3, 0.4) is 0 Å². The Hall–Kier alpha value is -1.56. The van der Waals surface area contributed by atoms with E-state index in [0.717, 1.165) is 25.0 Å². The monoisotopic (exact) mass is 273 g/mol. The van der Waals surface area contributed by atoms with Gasteiger partial charge in [0.1, 0.15) is 0 Å². The van der Waals surface area contributed by atoms with Gasteiger partial charge in [0.15, 0.2) is 0 Å². The number of carbonyl (C=O) groups is 1. The number of hydrogen-bond donors (Lipinski definition) is 2. The molecule has 1 aromatic rings. The van der Waals surface area contributed by atoms with Crippen molar-refractivity contribution >= 4 is 5.91 Å². The van der Waals surface area contributed by atoms with Crippen LogP contribution in [0.15, 0.2) is 24.3 Å². The van der Waals surface area contributed by atoms with Gasteiger partial charge < -0.3 is 10.4 Å². The molecule has 1 aromatic carbocycles. The average Bonchev–Trinajstić information content (AvgIpc) is 3.18. The molecule has 1 fully saturated rings. The molecule has 6 heteroatoms. The Bertz CT molecular complexity index is 469. The second-order valence-electron chi connectivity index (χ2n) is 4.66. The van der Waals surface area contributed by atoms with E-state index in [1.807, 2.05) is 0 Å². The van der Waals surface area contributed by atoms with Crippen molar-refractivity contribution in [3.63, 3.8) is 0 Å². The zero-order chi connectivity index (χ0) is 14.0. The molecule has 1 atom stereocenters. The number of rotatable bonds is 4. The predicted molar refractivity (Wildman–Crippen MR) is 62.5 cm³/mol. The van der Waals surface area contributed by atoms with Crippen LogP contribution in [-0.4, -0.2) is 23.7 Å². The molecule has 0 spiro atoms. The third-order valence-electron chi connectivity index (χ3n) is 3.12. The minimum Gasteiger partial charge on any atom is -0.391 e. The number of carbonyl (C=O) groups excluding carboxylic acids is 1. The summed E-state index contributed by atoms with van der Waals surface area (Å²) in [6, 6.07) is 4.61. The van der Waals surface area contributed by atoms with Gasteiger partial charge in [-0.15, -0.1) is 0 Å². The highest BCUT2D eigenvalue weighted by Gasteiger charge is 2.35. The Morgan fingerprint density at radius 1 is 1.37 bits per heavy atom. The number of halogens is 3. The first-order valence-corrected chi connectivity index (χ1v) is 6.02. The van der Waals surface area contributed by atoms with Gasteiger partial charge >= 0.3 is 6.18 Å². The van der Waals surface area contributed by atoms with Gasteiger partial charge in [0.2, 0.25) is 0 Å². The molecule has 1 saturated carbocycles. The largest absolute Gasteiger partial charge is 0.417 e. The zero-order valence-electron chi connectivity index (χ0n) is 10.1. The van der Waals surface area contributed by atoms with Crippen molar-refractivity contribution in [3.05, 3.63) is 35.4 Å². The van der Waals surface area contributed by atoms with Crippen molar-refractivity contribution in [1.82, 2.24) is 5.32 Å². The van der Waals surface area contributed by atoms with Crippen molar-refractivity contribution < 1.29 is 23.1 Å². The van der Waals surface area contributed by atoms with Crippen molar-refractivity contribution in [2.45, 2.75) is 25.1 Å². The molecule has 0 aliphatic heterocycles. The Balaban J connectivity index is 2.06. The van der Waals surface area contributed by atoms with Crippen molar-refractivity contribution in [2.75, 3.05) is 6.54 Å². The number of alkyl halides is 3. The highest BCUT2D eigenvalue weighted by molar-refractivity contribution is 5.95. The maximum absolute atomic E-state index is 12.7. The van der Waals surface area contributed by atoms with E-state index in [2.05, 4.69) is 5.32 Å². The molecule has 0 unspecified atom stereocenters. The first kappa shape index (κ1) is 13.9. The molecule has 104 valence electrons. The van der Waals surface area contributed by atoms with E-state index in [-0.39, 0.29) is 12.5 Å². The summed E-state index contributed by atoms with van der Waals surface area (Å²) in [5.74, 6) is -0.647. The SMILES string of the molecule is O=C(NC[C@@H](O)C1CC1)c1ccccc1C(F)(F)F. The second kappa shape index (κ2) is 5.21. The number of amides is 1. The van der Waals surface area contributed by atoms with Crippen LogP contribution in [0, 0.1) is 5.92 Å². The van der Waals surface area contributed by atoms with Crippen molar-refractivity contribution in [3.8, 4) is 0 Å². The lowest BCUT2D eigenvalue weighted by molar-refractivity contribution is -0.137. The zero-order valence-corrected chi connectivity index (χ0v) is 10.1. The lowest BCUT2D eigenvalue weighted by atomic mass is 10.1. The molecule has 2 N–H and O–H groups in total. The summed E-state index contributed by atoms with van der Waals surface area (Å²) < 4.78 is 38.1. The molecule has 19 heavy (non-hydrogen) atoms. The first-order valence-electron chi connectivity index (χ1n) is 6.02. The van der Waals surface area contributed by atoms with Crippen LogP contribution >= 0.6 is 0 Å². The Morgan fingerprint density at radius 3 is 2.58 bits per heavy atom. The van der Waals surface area contributed by atoms with Crippen LogP contribution in [0.1, 0.15) is 28.8 Å². The maximum Gasteiger partial charge on any atom is 0.417 e. The standard InChI is InChI=1S/C13H14F3NO2/c14-13(15,16)10-4-2-1-3-9(10)12(19)17-7-11(18)8-5-6-8/h1-4,8,11,18H,5-7H2,(H,17,19)/t11-/m1/s1. The summed E-state index contributed by atoms with van der Waals surface area (Å²) >= 11 is 0. The van der Waals surface area contributed by atoms with Crippen molar-refractivity contribution in [1.29, 1.82) is 0 Å². The summed E-state index contributed by atoms with van der Waals surface area (Å²) in [6.45, 7) is -0.0182. The Morgan fingerprint density at radius 2 is 2.00 bits per heavy atom. The molecule has 1 aliphatic rings. The van der Waals surface area contributed by atoms with Crippen LogP contribution in [0.25, 0.3) is 0 Å². The lowest BCUT2D eigenvalue weighted by Gasteiger charge is -2.14. The molecular formula is C13H14F3NO2. The van der Waals surface area contributed by atoms with Crippen LogP contribution in [0.5, 0.6) is 0 Å². The van der Waals surface area contributed by atoms with Gasteiger partial charge in [-0.25, -0.2) is 0 Å². The molecule has 1 aliphatic carbocycles. The van der Waals surface area contributed by atoms with E-state index >= 15 is 0 Å². The average molecular weight is 273 g/mol. The van der Waals surface area contributed by atoms with E-state index in [0.29, 0.717) is 0 Å². The smallest absolute Gasteiger partial charge is 0.391 e. The van der Waals surface area contributed by atoms with Crippen LogP contribution in [0.4, 0.5) is 13.2 Å². The van der Waals surface area contributed by atoms with Gasteiger partial charge in [-0.3, -0.25) is 4.79 Å². The molecule has 2 rings (SSSR count). The van der Waals surface area contributed by atoms with Gasteiger partial charge in [0, 0.05) is 6.54 Å². The number of benzene rings is 1. The quantitative estimate of drug-likeness (QED) is 0.883. The fraction of sp³-hybridized carbons (Fsp3) is 0.462. The first-order chi connectivity index (χ1) is 8.89. The molecule has 0 saturated heterocycles. The Kier molecular flexibility index (Phi) is 3.80. The Labute approximate surface area is 108 Å². The lowest BCUT2D eigenvalue weighted by Crippen LogP contribution is -2.34. The van der Waals surface area contributed by atoms with Crippen LogP contribution in [-0.2, 0) is 6.18 Å². The number of aliphatic hydroxyl groups is 1. The normalized spacial score (nSPS) is 17.1. The van der Waals surface area contributed by atoms with Gasteiger partial charge in [-0.2, -0.15) is 13.2 Å².